The van der Waals surface area contributed by atoms with Crippen LogP contribution < -0.4 is 16.3 Å². The van der Waals surface area contributed by atoms with Crippen molar-refractivity contribution in [2.45, 2.75) is 6.92 Å². The molecule has 0 aliphatic rings. The molecule has 2 heterocycles. The van der Waals surface area contributed by atoms with Gasteiger partial charge in [0.05, 0.1) is 17.6 Å². The van der Waals surface area contributed by atoms with Crippen molar-refractivity contribution in [3.63, 3.8) is 0 Å². The van der Waals surface area contributed by atoms with Gasteiger partial charge in [0.1, 0.15) is 17.1 Å². The Kier molecular flexibility index (Phi) is 5.35. The normalized spacial score (nSPS) is 10.9. The van der Waals surface area contributed by atoms with Crippen LogP contribution in [-0.2, 0) is 0 Å². The van der Waals surface area contributed by atoms with Gasteiger partial charge in [-0.3, -0.25) is 0 Å². The van der Waals surface area contributed by atoms with Crippen LogP contribution in [0.3, 0.4) is 0 Å². The molecule has 2 amide bonds. The molecule has 3 aromatic carbocycles. The number of hydrogen-bond acceptors (Lipinski definition) is 5. The number of fused-ring (bicyclic) bond motifs is 1. The van der Waals surface area contributed by atoms with E-state index in [2.05, 4.69) is 20.9 Å². The van der Waals surface area contributed by atoms with E-state index in [0.717, 1.165) is 22.2 Å². The molecule has 0 fully saturated rings. The number of benzene rings is 3. The first-order valence-electron chi connectivity index (χ1n) is 10.4. The van der Waals surface area contributed by atoms with Gasteiger partial charge < -0.3 is 15.1 Å². The molecule has 0 atom stereocenters. The van der Waals surface area contributed by atoms with E-state index in [-0.39, 0.29) is 5.69 Å². The molecule has 5 aromatic rings. The molecule has 0 radical (unpaired) electrons. The first kappa shape index (κ1) is 21.1. The van der Waals surface area contributed by atoms with Crippen molar-refractivity contribution in [1.82, 2.24) is 15.0 Å². The fourth-order valence-corrected chi connectivity index (χ4v) is 3.50. The maximum atomic E-state index is 13.9. The monoisotopic (exact) mass is 455 g/mol. The second-order valence-electron chi connectivity index (χ2n) is 7.67. The number of amides is 2. The summed E-state index contributed by atoms with van der Waals surface area (Å²) in [6, 6.07) is 19.4. The summed E-state index contributed by atoms with van der Waals surface area (Å²) in [5.74, 6) is -0.512. The van der Waals surface area contributed by atoms with Gasteiger partial charge in [-0.25, -0.2) is 18.7 Å². The predicted octanol–water partition coefficient (Wildman–Crippen LogP) is 5.13. The number of urea groups is 1. The number of hydrogen-bond donors (Lipinski definition) is 2. The van der Waals surface area contributed by atoms with Crippen molar-refractivity contribution in [2.75, 3.05) is 10.6 Å². The largest absolute Gasteiger partial charge is 0.423 e. The number of halogens is 1. The lowest BCUT2D eigenvalue weighted by Crippen LogP contribution is -2.20. The summed E-state index contributed by atoms with van der Waals surface area (Å²) in [6.07, 6.45) is 1.75. The molecular weight excluding hydrogens is 437 g/mol. The Labute approximate surface area is 192 Å². The summed E-state index contributed by atoms with van der Waals surface area (Å²) < 4.78 is 20.7. The molecule has 0 aliphatic carbocycles. The van der Waals surface area contributed by atoms with Crippen LogP contribution in [0.25, 0.3) is 27.9 Å². The second kappa shape index (κ2) is 8.62. The number of carbonyl (C=O) groups is 1. The lowest BCUT2D eigenvalue weighted by atomic mass is 10.1. The van der Waals surface area contributed by atoms with E-state index in [1.165, 1.54) is 12.1 Å². The molecule has 0 spiro atoms. The maximum absolute atomic E-state index is 13.9. The average Bonchev–Trinajstić information content (AvgIpc) is 3.32. The third kappa shape index (κ3) is 4.40. The zero-order valence-electron chi connectivity index (χ0n) is 17.9. The van der Waals surface area contributed by atoms with E-state index in [1.54, 1.807) is 59.4 Å². The molecule has 0 unspecified atom stereocenters. The summed E-state index contributed by atoms with van der Waals surface area (Å²) in [7, 11) is 0. The van der Waals surface area contributed by atoms with Crippen LogP contribution >= 0.6 is 0 Å². The highest BCUT2D eigenvalue weighted by Gasteiger charge is 2.10. The highest BCUT2D eigenvalue weighted by molar-refractivity contribution is 6.00. The van der Waals surface area contributed by atoms with Crippen molar-refractivity contribution < 1.29 is 13.6 Å². The second-order valence-corrected chi connectivity index (χ2v) is 7.67. The third-order valence-electron chi connectivity index (χ3n) is 5.15. The molecule has 8 nitrogen and oxygen atoms in total. The van der Waals surface area contributed by atoms with Crippen molar-refractivity contribution in [3.8, 4) is 16.9 Å². The maximum Gasteiger partial charge on any atom is 0.336 e. The molecule has 168 valence electrons. The van der Waals surface area contributed by atoms with E-state index in [1.807, 2.05) is 19.1 Å². The van der Waals surface area contributed by atoms with Crippen LogP contribution in [0.1, 0.15) is 5.56 Å². The van der Waals surface area contributed by atoms with E-state index in [0.29, 0.717) is 17.0 Å². The summed E-state index contributed by atoms with van der Waals surface area (Å²) in [6.45, 7) is 1.81. The number of carbonyl (C=O) groups excluding carboxylic acids is 1. The lowest BCUT2D eigenvalue weighted by molar-refractivity contribution is 0.262. The fraction of sp³-hybridized carbons (Fsp3) is 0.0400. The van der Waals surface area contributed by atoms with E-state index < -0.39 is 17.5 Å². The summed E-state index contributed by atoms with van der Waals surface area (Å²) >= 11 is 0. The van der Waals surface area contributed by atoms with Crippen molar-refractivity contribution in [2.24, 2.45) is 0 Å². The van der Waals surface area contributed by atoms with Gasteiger partial charge in [0.15, 0.2) is 0 Å². The van der Waals surface area contributed by atoms with Gasteiger partial charge in [-0.2, -0.15) is 0 Å². The lowest BCUT2D eigenvalue weighted by Gasteiger charge is -2.10. The summed E-state index contributed by atoms with van der Waals surface area (Å²) in [4.78, 5) is 23.7. The standard InChI is InChI=1S/C25H18FN5O3/c1-15-5-8-20(26)21(11-15)28-25(33)27-18-4-2-3-16(12-18)22-14-31(30-29-22)19-7-9-23-17(13-19)6-10-24(32)34-23/h2-14H,1H3,(H2,27,28,33). The minimum atomic E-state index is -0.562. The Balaban J connectivity index is 1.35. The fourth-order valence-electron chi connectivity index (χ4n) is 3.50. The van der Waals surface area contributed by atoms with Gasteiger partial charge in [-0.1, -0.05) is 23.4 Å². The quantitative estimate of drug-likeness (QED) is 0.366. The van der Waals surface area contributed by atoms with Gasteiger partial charge in [0, 0.05) is 22.7 Å². The van der Waals surface area contributed by atoms with Crippen LogP contribution in [0.4, 0.5) is 20.6 Å². The zero-order chi connectivity index (χ0) is 23.7. The molecule has 2 N–H and O–H groups in total. The molecule has 0 saturated heterocycles. The Morgan fingerprint density at radius 3 is 2.76 bits per heavy atom. The molecular formula is C25H18FN5O3. The Hall–Kier alpha value is -4.79. The van der Waals surface area contributed by atoms with Crippen LogP contribution in [0, 0.1) is 12.7 Å². The molecule has 2 aromatic heterocycles. The Morgan fingerprint density at radius 2 is 1.88 bits per heavy atom. The molecule has 0 bridgehead atoms. The molecule has 9 heteroatoms. The third-order valence-corrected chi connectivity index (χ3v) is 5.15. The highest BCUT2D eigenvalue weighted by atomic mass is 19.1. The molecule has 0 saturated carbocycles. The number of aromatic nitrogens is 3. The number of aryl methyl sites for hydroxylation is 1. The van der Waals surface area contributed by atoms with Crippen LogP contribution in [-0.4, -0.2) is 21.0 Å². The first-order chi connectivity index (χ1) is 16.4. The molecule has 5 rings (SSSR count). The zero-order valence-corrected chi connectivity index (χ0v) is 17.9. The average molecular weight is 455 g/mol. The van der Waals surface area contributed by atoms with Crippen LogP contribution in [0.2, 0.25) is 0 Å². The molecule has 0 aliphatic heterocycles. The first-order valence-corrected chi connectivity index (χ1v) is 10.4. The number of rotatable bonds is 4. The smallest absolute Gasteiger partial charge is 0.336 e. The van der Waals surface area contributed by atoms with Gasteiger partial charge in [-0.05, 0) is 61.0 Å². The summed E-state index contributed by atoms with van der Waals surface area (Å²) in [5, 5.41) is 14.4. The minimum Gasteiger partial charge on any atom is -0.423 e. The van der Waals surface area contributed by atoms with E-state index in [4.69, 9.17) is 4.42 Å². The van der Waals surface area contributed by atoms with E-state index in [9.17, 15) is 14.0 Å². The minimum absolute atomic E-state index is 0.103. The predicted molar refractivity (Wildman–Crippen MR) is 127 cm³/mol. The Bertz CT molecular complexity index is 1590. The highest BCUT2D eigenvalue weighted by Crippen LogP contribution is 2.23. The summed E-state index contributed by atoms with van der Waals surface area (Å²) in [5.41, 5.74) is 3.59. The number of nitrogens with zero attached hydrogens (tertiary/aromatic N) is 3. The van der Waals surface area contributed by atoms with Crippen molar-refractivity contribution in [1.29, 1.82) is 0 Å². The van der Waals surface area contributed by atoms with Gasteiger partial charge >= 0.3 is 11.7 Å². The molecule has 34 heavy (non-hydrogen) atoms. The van der Waals surface area contributed by atoms with Gasteiger partial charge in [0.2, 0.25) is 0 Å². The van der Waals surface area contributed by atoms with Gasteiger partial charge in [0.25, 0.3) is 0 Å². The van der Waals surface area contributed by atoms with Gasteiger partial charge in [-0.15, -0.1) is 5.10 Å². The van der Waals surface area contributed by atoms with Crippen molar-refractivity contribution >= 4 is 28.4 Å². The van der Waals surface area contributed by atoms with E-state index >= 15 is 0 Å². The van der Waals surface area contributed by atoms with Crippen LogP contribution in [0.15, 0.2) is 88.2 Å². The number of anilines is 2. The number of nitrogens with one attached hydrogen (secondary N) is 2. The van der Waals surface area contributed by atoms with Crippen molar-refractivity contribution in [3.05, 3.63) is 101 Å². The topological polar surface area (TPSA) is 102 Å². The Morgan fingerprint density at radius 1 is 1.00 bits per heavy atom. The van der Waals surface area contributed by atoms with Crippen LogP contribution in [0.5, 0.6) is 0 Å². The SMILES string of the molecule is Cc1ccc(F)c(NC(=O)Nc2cccc(-c3cn(-c4ccc5oc(=O)ccc5c4)nn3)c2)c1.